The Kier molecular flexibility index (Phi) is 4.02. The maximum atomic E-state index is 12.2. The van der Waals surface area contributed by atoms with Crippen molar-refractivity contribution < 1.29 is 9.53 Å². The summed E-state index contributed by atoms with van der Waals surface area (Å²) in [5.41, 5.74) is 6.96. The highest BCUT2D eigenvalue weighted by atomic mass is 16.6. The number of carbonyl (C=O) groups is 1. The van der Waals surface area contributed by atoms with Gasteiger partial charge in [0.15, 0.2) is 0 Å². The Bertz CT molecular complexity index is 641. The van der Waals surface area contributed by atoms with Crippen LogP contribution in [-0.4, -0.2) is 21.2 Å². The molecule has 0 aliphatic rings. The molecular weight excluding hydrogens is 266 g/mol. The van der Waals surface area contributed by atoms with Gasteiger partial charge < -0.3 is 10.5 Å². The van der Waals surface area contributed by atoms with Gasteiger partial charge in [0.2, 0.25) is 0 Å². The lowest BCUT2D eigenvalue weighted by Crippen LogP contribution is -2.28. The van der Waals surface area contributed by atoms with Gasteiger partial charge in [0.05, 0.1) is 0 Å². The van der Waals surface area contributed by atoms with Crippen LogP contribution in [0.5, 0.6) is 0 Å². The second kappa shape index (κ2) is 5.60. The molecule has 5 heteroatoms. The highest BCUT2D eigenvalue weighted by molar-refractivity contribution is 5.71. The normalized spacial score (nSPS) is 13.0. The van der Waals surface area contributed by atoms with E-state index in [9.17, 15) is 4.79 Å². The molecule has 21 heavy (non-hydrogen) atoms. The lowest BCUT2D eigenvalue weighted by atomic mass is 10.00. The van der Waals surface area contributed by atoms with Crippen LogP contribution in [0.15, 0.2) is 36.7 Å². The minimum atomic E-state index is -0.543. The Morgan fingerprint density at radius 2 is 2.10 bits per heavy atom. The number of hydrogen-bond acceptors (Lipinski definition) is 4. The topological polar surface area (TPSA) is 70.1 Å². The number of ether oxygens (including phenoxy) is 1. The Labute approximate surface area is 124 Å². The zero-order valence-corrected chi connectivity index (χ0v) is 12.8. The number of carbonyl (C=O) groups excluding carboxylic acids is 1. The number of imidazole rings is 1. The van der Waals surface area contributed by atoms with Crippen LogP contribution >= 0.6 is 0 Å². The van der Waals surface area contributed by atoms with Crippen molar-refractivity contribution in [3.8, 4) is 0 Å². The Balaban J connectivity index is 2.30. The SMILES string of the molecule is CC(c1cccc(N)c1)c1nccn1C(=O)OC(C)(C)C. The number of rotatable bonds is 2. The summed E-state index contributed by atoms with van der Waals surface area (Å²) in [5.74, 6) is 0.575. The van der Waals surface area contributed by atoms with Crippen LogP contribution in [-0.2, 0) is 4.74 Å². The number of nitrogen functional groups attached to an aromatic ring is 1. The van der Waals surface area contributed by atoms with Gasteiger partial charge in [0.1, 0.15) is 11.4 Å². The maximum absolute atomic E-state index is 12.2. The lowest BCUT2D eigenvalue weighted by Gasteiger charge is -2.21. The molecule has 112 valence electrons. The predicted molar refractivity (Wildman–Crippen MR) is 82.2 cm³/mol. The van der Waals surface area contributed by atoms with Crippen molar-refractivity contribution in [1.29, 1.82) is 0 Å². The van der Waals surface area contributed by atoms with Gasteiger partial charge >= 0.3 is 6.09 Å². The second-order valence-corrected chi connectivity index (χ2v) is 6.03. The molecule has 1 atom stereocenters. The minimum absolute atomic E-state index is 0.0592. The van der Waals surface area contributed by atoms with E-state index in [1.54, 1.807) is 12.4 Å². The van der Waals surface area contributed by atoms with E-state index in [0.29, 0.717) is 11.5 Å². The first-order chi connectivity index (χ1) is 9.78. The zero-order chi connectivity index (χ0) is 15.6. The van der Waals surface area contributed by atoms with Gasteiger partial charge in [-0.15, -0.1) is 0 Å². The molecule has 0 amide bonds. The van der Waals surface area contributed by atoms with Crippen molar-refractivity contribution in [2.24, 2.45) is 0 Å². The van der Waals surface area contributed by atoms with Crippen molar-refractivity contribution in [3.05, 3.63) is 48.0 Å². The van der Waals surface area contributed by atoms with Crippen LogP contribution in [0.3, 0.4) is 0 Å². The van der Waals surface area contributed by atoms with Gasteiger partial charge in [-0.1, -0.05) is 19.1 Å². The summed E-state index contributed by atoms with van der Waals surface area (Å²) in [6, 6.07) is 7.58. The van der Waals surface area contributed by atoms with Gasteiger partial charge in [-0.25, -0.2) is 14.3 Å². The number of benzene rings is 1. The van der Waals surface area contributed by atoms with Crippen LogP contribution in [0.1, 0.15) is 45.0 Å². The highest BCUT2D eigenvalue weighted by Crippen LogP contribution is 2.24. The monoisotopic (exact) mass is 287 g/mol. The zero-order valence-electron chi connectivity index (χ0n) is 12.8. The number of nitrogens with zero attached hydrogens (tertiary/aromatic N) is 2. The van der Waals surface area contributed by atoms with E-state index in [-0.39, 0.29) is 5.92 Å². The van der Waals surface area contributed by atoms with E-state index in [1.165, 1.54) is 4.57 Å². The molecule has 1 aromatic carbocycles. The Morgan fingerprint density at radius 1 is 1.38 bits per heavy atom. The molecule has 2 N–H and O–H groups in total. The first-order valence-electron chi connectivity index (χ1n) is 6.90. The van der Waals surface area contributed by atoms with Crippen LogP contribution in [0, 0.1) is 0 Å². The van der Waals surface area contributed by atoms with Crippen LogP contribution in [0.4, 0.5) is 10.5 Å². The van der Waals surface area contributed by atoms with E-state index in [1.807, 2.05) is 52.0 Å². The third kappa shape index (κ3) is 3.62. The molecule has 0 saturated heterocycles. The maximum Gasteiger partial charge on any atom is 0.420 e. The molecule has 2 aromatic rings. The van der Waals surface area contributed by atoms with E-state index in [0.717, 1.165) is 5.56 Å². The molecule has 2 rings (SSSR count). The Hall–Kier alpha value is -2.30. The molecule has 1 aromatic heterocycles. The summed E-state index contributed by atoms with van der Waals surface area (Å²) >= 11 is 0. The Morgan fingerprint density at radius 3 is 2.71 bits per heavy atom. The van der Waals surface area contributed by atoms with Crippen molar-refractivity contribution in [2.45, 2.75) is 39.2 Å². The summed E-state index contributed by atoms with van der Waals surface area (Å²) in [6.07, 6.45) is 2.79. The first kappa shape index (κ1) is 15.1. The molecule has 5 nitrogen and oxygen atoms in total. The van der Waals surface area contributed by atoms with E-state index >= 15 is 0 Å². The van der Waals surface area contributed by atoms with Crippen LogP contribution in [0.2, 0.25) is 0 Å². The molecule has 0 radical (unpaired) electrons. The fraction of sp³-hybridized carbons (Fsp3) is 0.375. The average molecular weight is 287 g/mol. The largest absolute Gasteiger partial charge is 0.443 e. The standard InChI is InChI=1S/C16H21N3O2/c1-11(12-6-5-7-13(17)10-12)14-18-8-9-19(14)15(20)21-16(2,3)4/h5-11H,17H2,1-4H3. The summed E-state index contributed by atoms with van der Waals surface area (Å²) in [4.78, 5) is 16.5. The van der Waals surface area contributed by atoms with Gasteiger partial charge in [0, 0.05) is 24.0 Å². The van der Waals surface area contributed by atoms with Crippen LogP contribution in [0.25, 0.3) is 0 Å². The third-order valence-electron chi connectivity index (χ3n) is 3.06. The molecular formula is C16H21N3O2. The van der Waals surface area contributed by atoms with Crippen molar-refractivity contribution in [1.82, 2.24) is 9.55 Å². The summed E-state index contributed by atoms with van der Waals surface area (Å²) in [7, 11) is 0. The molecule has 0 bridgehead atoms. The van der Waals surface area contributed by atoms with Crippen molar-refractivity contribution >= 4 is 11.8 Å². The number of aromatic nitrogens is 2. The predicted octanol–water partition coefficient (Wildman–Crippen LogP) is 3.40. The van der Waals surface area contributed by atoms with E-state index < -0.39 is 11.7 Å². The van der Waals surface area contributed by atoms with Crippen molar-refractivity contribution in [2.75, 3.05) is 5.73 Å². The van der Waals surface area contributed by atoms with Gasteiger partial charge in [0.25, 0.3) is 0 Å². The molecule has 0 aliphatic heterocycles. The molecule has 0 spiro atoms. The fourth-order valence-corrected chi connectivity index (χ4v) is 2.08. The smallest absolute Gasteiger partial charge is 0.420 e. The minimum Gasteiger partial charge on any atom is -0.443 e. The number of hydrogen-bond donors (Lipinski definition) is 1. The molecule has 0 aliphatic carbocycles. The first-order valence-corrected chi connectivity index (χ1v) is 6.90. The third-order valence-corrected chi connectivity index (χ3v) is 3.06. The number of nitrogens with two attached hydrogens (primary N) is 1. The van der Waals surface area contributed by atoms with Gasteiger partial charge in [-0.2, -0.15) is 0 Å². The fourth-order valence-electron chi connectivity index (χ4n) is 2.08. The molecule has 1 heterocycles. The molecule has 0 saturated carbocycles. The van der Waals surface area contributed by atoms with Gasteiger partial charge in [-0.05, 0) is 38.5 Å². The van der Waals surface area contributed by atoms with Crippen LogP contribution < -0.4 is 5.73 Å². The van der Waals surface area contributed by atoms with Crippen molar-refractivity contribution in [3.63, 3.8) is 0 Å². The molecule has 1 unspecified atom stereocenters. The average Bonchev–Trinajstić information content (AvgIpc) is 2.85. The lowest BCUT2D eigenvalue weighted by molar-refractivity contribution is 0.0531. The second-order valence-electron chi connectivity index (χ2n) is 6.03. The summed E-state index contributed by atoms with van der Waals surface area (Å²) in [5, 5.41) is 0. The highest BCUT2D eigenvalue weighted by Gasteiger charge is 2.23. The van der Waals surface area contributed by atoms with E-state index in [2.05, 4.69) is 4.98 Å². The van der Waals surface area contributed by atoms with E-state index in [4.69, 9.17) is 10.5 Å². The summed E-state index contributed by atoms with van der Waals surface area (Å²) < 4.78 is 6.84. The quantitative estimate of drug-likeness (QED) is 0.859. The van der Waals surface area contributed by atoms with Gasteiger partial charge in [-0.3, -0.25) is 0 Å². The molecule has 0 fully saturated rings. The number of anilines is 1. The summed E-state index contributed by atoms with van der Waals surface area (Å²) in [6.45, 7) is 7.49.